The molecule has 0 saturated heterocycles. The molecule has 0 N–H and O–H groups in total. The summed E-state index contributed by atoms with van der Waals surface area (Å²) in [5.41, 5.74) is 1.25. The Morgan fingerprint density at radius 2 is 1.62 bits per heavy atom. The highest BCUT2D eigenvalue weighted by Crippen LogP contribution is 2.38. The minimum absolute atomic E-state index is 0.136. The highest BCUT2D eigenvalue weighted by molar-refractivity contribution is 8.04. The summed E-state index contributed by atoms with van der Waals surface area (Å²) < 4.78 is 11.3. The fourth-order valence-electron chi connectivity index (χ4n) is 2.88. The number of hydrogen-bond donors (Lipinski definition) is 0. The first-order valence-corrected chi connectivity index (χ1v) is 11.2. The van der Waals surface area contributed by atoms with Gasteiger partial charge in [0.1, 0.15) is 5.75 Å². The van der Waals surface area contributed by atoms with Crippen LogP contribution in [-0.4, -0.2) is 47.8 Å². The predicted octanol–water partition coefficient (Wildman–Crippen LogP) is 4.76. The maximum atomic E-state index is 13.1. The average molecular weight is 420 g/mol. The third-order valence-corrected chi connectivity index (χ3v) is 5.27. The van der Waals surface area contributed by atoms with Crippen LogP contribution in [0.25, 0.3) is 5.57 Å². The van der Waals surface area contributed by atoms with E-state index in [1.54, 1.807) is 0 Å². The van der Waals surface area contributed by atoms with E-state index in [0.717, 1.165) is 11.3 Å². The molecule has 0 aromatic heterocycles. The van der Waals surface area contributed by atoms with E-state index >= 15 is 0 Å². The molecule has 160 valence electrons. The number of amides is 2. The molecule has 0 atom stereocenters. The second-order valence-electron chi connectivity index (χ2n) is 8.14. The Morgan fingerprint density at radius 3 is 2.17 bits per heavy atom. The molecule has 0 radical (unpaired) electrons. The molecule has 2 rings (SSSR count). The SMILES string of the molecule is CC(C)COc1ccc(C2=C(SC(C)C)C(=O)N(CCCOC(C)C)C2=O)cc1. The number of carbonyl (C=O) groups is 2. The molecular weight excluding hydrogens is 386 g/mol. The lowest BCUT2D eigenvalue weighted by Crippen LogP contribution is -2.33. The van der Waals surface area contributed by atoms with Gasteiger partial charge in [0.2, 0.25) is 0 Å². The fourth-order valence-corrected chi connectivity index (χ4v) is 3.88. The topological polar surface area (TPSA) is 55.8 Å². The summed E-state index contributed by atoms with van der Waals surface area (Å²) in [4.78, 5) is 28.0. The van der Waals surface area contributed by atoms with Gasteiger partial charge in [-0.3, -0.25) is 14.5 Å². The summed E-state index contributed by atoms with van der Waals surface area (Å²) in [5, 5.41) is 0.203. The van der Waals surface area contributed by atoms with Crippen molar-refractivity contribution in [3.05, 3.63) is 34.7 Å². The largest absolute Gasteiger partial charge is 0.493 e. The molecule has 0 aliphatic carbocycles. The van der Waals surface area contributed by atoms with Gasteiger partial charge in [-0.05, 0) is 43.9 Å². The Labute approximate surface area is 178 Å². The van der Waals surface area contributed by atoms with Gasteiger partial charge in [-0.15, -0.1) is 11.8 Å². The zero-order valence-corrected chi connectivity index (χ0v) is 19.2. The number of thioether (sulfide) groups is 1. The average Bonchev–Trinajstić information content (AvgIpc) is 2.87. The van der Waals surface area contributed by atoms with Crippen molar-refractivity contribution in [2.45, 2.75) is 59.3 Å². The van der Waals surface area contributed by atoms with Crippen LogP contribution in [0, 0.1) is 5.92 Å². The lowest BCUT2D eigenvalue weighted by atomic mass is 10.1. The molecule has 0 fully saturated rings. The summed E-state index contributed by atoms with van der Waals surface area (Å²) in [6.07, 6.45) is 0.766. The molecule has 1 aliphatic rings. The molecule has 6 heteroatoms. The maximum absolute atomic E-state index is 13.1. The van der Waals surface area contributed by atoms with Crippen LogP contribution < -0.4 is 4.74 Å². The smallest absolute Gasteiger partial charge is 0.267 e. The second-order valence-corrected chi connectivity index (χ2v) is 9.72. The molecule has 0 bridgehead atoms. The van der Waals surface area contributed by atoms with Gasteiger partial charge in [0, 0.05) is 18.4 Å². The van der Waals surface area contributed by atoms with E-state index in [9.17, 15) is 9.59 Å². The van der Waals surface area contributed by atoms with Gasteiger partial charge >= 0.3 is 0 Å². The van der Waals surface area contributed by atoms with Crippen molar-refractivity contribution in [2.75, 3.05) is 19.8 Å². The van der Waals surface area contributed by atoms with Gasteiger partial charge in [-0.1, -0.05) is 39.8 Å². The summed E-state index contributed by atoms with van der Waals surface area (Å²) in [7, 11) is 0. The molecule has 0 spiro atoms. The van der Waals surface area contributed by atoms with Crippen LogP contribution in [0.15, 0.2) is 29.2 Å². The molecule has 1 aromatic rings. The Balaban J connectivity index is 2.20. The highest BCUT2D eigenvalue weighted by atomic mass is 32.2. The molecule has 1 aromatic carbocycles. The molecule has 0 unspecified atom stereocenters. The van der Waals surface area contributed by atoms with Crippen LogP contribution in [0.4, 0.5) is 0 Å². The minimum Gasteiger partial charge on any atom is -0.493 e. The number of hydrogen-bond acceptors (Lipinski definition) is 5. The first-order chi connectivity index (χ1) is 13.7. The first-order valence-electron chi connectivity index (χ1n) is 10.3. The van der Waals surface area contributed by atoms with Crippen LogP contribution in [0.5, 0.6) is 5.75 Å². The molecular formula is C23H33NO4S. The molecule has 29 heavy (non-hydrogen) atoms. The van der Waals surface area contributed by atoms with E-state index in [1.165, 1.54) is 16.7 Å². The molecule has 5 nitrogen and oxygen atoms in total. The van der Waals surface area contributed by atoms with Crippen molar-refractivity contribution in [3.63, 3.8) is 0 Å². The van der Waals surface area contributed by atoms with Crippen molar-refractivity contribution >= 4 is 29.1 Å². The number of ether oxygens (including phenoxy) is 2. The maximum Gasteiger partial charge on any atom is 0.267 e. The Bertz CT molecular complexity index is 738. The van der Waals surface area contributed by atoms with Crippen LogP contribution in [0.1, 0.15) is 53.5 Å². The summed E-state index contributed by atoms with van der Waals surface area (Å²) >= 11 is 1.45. The van der Waals surface area contributed by atoms with Gasteiger partial charge in [0.25, 0.3) is 11.8 Å². The molecule has 2 amide bonds. The van der Waals surface area contributed by atoms with E-state index in [4.69, 9.17) is 9.47 Å². The van der Waals surface area contributed by atoms with Crippen LogP contribution in [-0.2, 0) is 14.3 Å². The lowest BCUT2D eigenvalue weighted by Gasteiger charge is -2.16. The van der Waals surface area contributed by atoms with Crippen LogP contribution in [0.3, 0.4) is 0 Å². The molecule has 1 aliphatic heterocycles. The quantitative estimate of drug-likeness (QED) is 0.382. The highest BCUT2D eigenvalue weighted by Gasteiger charge is 2.39. The summed E-state index contributed by atoms with van der Waals surface area (Å²) in [6.45, 7) is 13.7. The predicted molar refractivity (Wildman–Crippen MR) is 119 cm³/mol. The first kappa shape index (κ1) is 23.5. The standard InChI is InChI=1S/C23H33NO4S/c1-15(2)14-28-19-10-8-18(9-11-19)20-21(29-17(5)6)23(26)24(22(20)25)12-7-13-27-16(3)4/h8-11,15-17H,7,12-14H2,1-6H3. The number of rotatable bonds is 11. The number of imide groups is 1. The van der Waals surface area contributed by atoms with Crippen molar-refractivity contribution in [1.82, 2.24) is 4.90 Å². The second kappa shape index (κ2) is 10.8. The van der Waals surface area contributed by atoms with Crippen molar-refractivity contribution in [1.29, 1.82) is 0 Å². The van der Waals surface area contributed by atoms with E-state index in [0.29, 0.717) is 42.6 Å². The van der Waals surface area contributed by atoms with Gasteiger partial charge in [-0.2, -0.15) is 0 Å². The summed E-state index contributed by atoms with van der Waals surface area (Å²) in [5.74, 6) is 0.779. The van der Waals surface area contributed by atoms with E-state index in [2.05, 4.69) is 13.8 Å². The lowest BCUT2D eigenvalue weighted by molar-refractivity contribution is -0.136. The molecule has 0 saturated carbocycles. The van der Waals surface area contributed by atoms with E-state index < -0.39 is 0 Å². The van der Waals surface area contributed by atoms with Crippen LogP contribution >= 0.6 is 11.8 Å². The monoisotopic (exact) mass is 419 g/mol. The minimum atomic E-state index is -0.224. The molecule has 1 heterocycles. The van der Waals surface area contributed by atoms with Gasteiger partial charge in [-0.25, -0.2) is 0 Å². The third kappa shape index (κ3) is 6.61. The number of carbonyl (C=O) groups excluding carboxylic acids is 2. The van der Waals surface area contributed by atoms with Crippen molar-refractivity contribution < 1.29 is 19.1 Å². The van der Waals surface area contributed by atoms with Gasteiger partial charge in [0.05, 0.1) is 23.2 Å². The van der Waals surface area contributed by atoms with Crippen molar-refractivity contribution in [2.24, 2.45) is 5.92 Å². The van der Waals surface area contributed by atoms with Gasteiger partial charge in [0.15, 0.2) is 0 Å². The zero-order valence-electron chi connectivity index (χ0n) is 18.4. The third-order valence-electron chi connectivity index (χ3n) is 4.18. The normalized spacial score (nSPS) is 14.9. The Hall–Kier alpha value is -1.79. The van der Waals surface area contributed by atoms with E-state index in [-0.39, 0.29) is 23.2 Å². The fraction of sp³-hybridized carbons (Fsp3) is 0.565. The Kier molecular flexibility index (Phi) is 8.78. The van der Waals surface area contributed by atoms with E-state index in [1.807, 2.05) is 52.0 Å². The van der Waals surface area contributed by atoms with Gasteiger partial charge < -0.3 is 9.47 Å². The Morgan fingerprint density at radius 1 is 0.966 bits per heavy atom. The number of nitrogens with zero attached hydrogens (tertiary/aromatic N) is 1. The zero-order chi connectivity index (χ0) is 21.6. The van der Waals surface area contributed by atoms with Crippen molar-refractivity contribution in [3.8, 4) is 5.75 Å². The van der Waals surface area contributed by atoms with Crippen LogP contribution in [0.2, 0.25) is 0 Å². The summed E-state index contributed by atoms with van der Waals surface area (Å²) in [6, 6.07) is 7.45. The number of benzene rings is 1.